The van der Waals surface area contributed by atoms with Crippen molar-refractivity contribution in [1.82, 2.24) is 9.55 Å². The van der Waals surface area contributed by atoms with Crippen LogP contribution in [0.15, 0.2) is 18.3 Å². The van der Waals surface area contributed by atoms with Gasteiger partial charge in [0.05, 0.1) is 11.0 Å². The molecule has 0 aliphatic rings. The van der Waals surface area contributed by atoms with Gasteiger partial charge in [0.15, 0.2) is 0 Å². The van der Waals surface area contributed by atoms with E-state index in [1.54, 1.807) is 13.1 Å². The molecule has 0 unspecified atom stereocenters. The number of carbonyl (C=O) groups is 1. The standard InChI is InChI=1S/C9H8FN3O/c1-5-4-13(9(11)14)6-2-3-7(10)12-8(5)6/h2-4H,1H3,(H2,11,14). The quantitative estimate of drug-likeness (QED) is 0.643. The average molecular weight is 193 g/mol. The number of primary amides is 1. The van der Waals surface area contributed by atoms with Gasteiger partial charge >= 0.3 is 6.03 Å². The van der Waals surface area contributed by atoms with Crippen molar-refractivity contribution in [2.24, 2.45) is 5.73 Å². The summed E-state index contributed by atoms with van der Waals surface area (Å²) in [6.07, 6.45) is 1.54. The first kappa shape index (κ1) is 8.68. The van der Waals surface area contributed by atoms with Gasteiger partial charge in [-0.15, -0.1) is 0 Å². The molecule has 14 heavy (non-hydrogen) atoms. The fourth-order valence-corrected chi connectivity index (χ4v) is 1.42. The first-order valence-electron chi connectivity index (χ1n) is 4.03. The molecule has 0 atom stereocenters. The SMILES string of the molecule is Cc1cn(C(N)=O)c2ccc(F)nc12. The van der Waals surface area contributed by atoms with E-state index in [1.807, 2.05) is 0 Å². The van der Waals surface area contributed by atoms with Gasteiger partial charge in [-0.05, 0) is 24.6 Å². The van der Waals surface area contributed by atoms with Crippen LogP contribution < -0.4 is 5.73 Å². The van der Waals surface area contributed by atoms with E-state index in [4.69, 9.17) is 5.73 Å². The molecule has 72 valence electrons. The van der Waals surface area contributed by atoms with Crippen LogP contribution in [-0.2, 0) is 0 Å². The molecule has 5 heteroatoms. The highest BCUT2D eigenvalue weighted by Crippen LogP contribution is 2.18. The van der Waals surface area contributed by atoms with Crippen LogP contribution in [0.2, 0.25) is 0 Å². The van der Waals surface area contributed by atoms with Crippen molar-refractivity contribution in [2.75, 3.05) is 0 Å². The van der Waals surface area contributed by atoms with Gasteiger partial charge in [0, 0.05) is 6.20 Å². The summed E-state index contributed by atoms with van der Waals surface area (Å²) < 4.78 is 14.0. The Labute approximate surface area is 79.1 Å². The number of hydrogen-bond acceptors (Lipinski definition) is 2. The number of halogens is 1. The van der Waals surface area contributed by atoms with E-state index in [-0.39, 0.29) is 0 Å². The minimum atomic E-state index is -0.600. The molecule has 2 rings (SSSR count). The topological polar surface area (TPSA) is 60.9 Å². The zero-order chi connectivity index (χ0) is 10.3. The Kier molecular flexibility index (Phi) is 1.73. The second kappa shape index (κ2) is 2.80. The molecule has 0 spiro atoms. The number of hydrogen-bond donors (Lipinski definition) is 1. The van der Waals surface area contributed by atoms with Gasteiger partial charge in [0.2, 0.25) is 5.95 Å². The Morgan fingerprint density at radius 1 is 1.57 bits per heavy atom. The molecule has 2 N–H and O–H groups in total. The van der Waals surface area contributed by atoms with E-state index in [2.05, 4.69) is 4.98 Å². The third-order valence-electron chi connectivity index (χ3n) is 2.03. The molecule has 1 amide bonds. The summed E-state index contributed by atoms with van der Waals surface area (Å²) in [5.74, 6) is -0.567. The zero-order valence-electron chi connectivity index (χ0n) is 7.49. The Hall–Kier alpha value is -1.91. The van der Waals surface area contributed by atoms with Gasteiger partial charge in [-0.25, -0.2) is 9.78 Å². The molecule has 2 aromatic rings. The molecule has 0 radical (unpaired) electrons. The smallest absolute Gasteiger partial charge is 0.323 e. The molecular weight excluding hydrogens is 185 g/mol. The molecule has 2 aromatic heterocycles. The molecule has 0 aliphatic heterocycles. The molecular formula is C9H8FN3O. The average Bonchev–Trinajstić information content (AvgIpc) is 2.44. The second-order valence-corrected chi connectivity index (χ2v) is 3.02. The van der Waals surface area contributed by atoms with E-state index in [1.165, 1.54) is 16.7 Å². The van der Waals surface area contributed by atoms with Crippen LogP contribution in [-0.4, -0.2) is 15.6 Å². The lowest BCUT2D eigenvalue weighted by Gasteiger charge is -1.96. The summed E-state index contributed by atoms with van der Waals surface area (Å²) in [5, 5.41) is 0. The Balaban J connectivity index is 2.84. The number of carbonyl (C=O) groups excluding carboxylic acids is 1. The number of rotatable bonds is 0. The van der Waals surface area contributed by atoms with Crippen molar-refractivity contribution in [2.45, 2.75) is 6.92 Å². The highest BCUT2D eigenvalue weighted by Gasteiger charge is 2.10. The van der Waals surface area contributed by atoms with Crippen LogP contribution in [0.25, 0.3) is 11.0 Å². The maximum Gasteiger partial charge on any atom is 0.323 e. The van der Waals surface area contributed by atoms with Gasteiger partial charge in [0.25, 0.3) is 0 Å². The Morgan fingerprint density at radius 3 is 2.93 bits per heavy atom. The second-order valence-electron chi connectivity index (χ2n) is 3.02. The van der Waals surface area contributed by atoms with Crippen LogP contribution in [0.5, 0.6) is 0 Å². The van der Waals surface area contributed by atoms with Crippen LogP contribution in [0.3, 0.4) is 0 Å². The molecule has 0 saturated carbocycles. The Morgan fingerprint density at radius 2 is 2.29 bits per heavy atom. The van der Waals surface area contributed by atoms with E-state index < -0.39 is 12.0 Å². The highest BCUT2D eigenvalue weighted by molar-refractivity contribution is 5.90. The maximum absolute atomic E-state index is 12.8. The summed E-state index contributed by atoms with van der Waals surface area (Å²) in [7, 11) is 0. The molecule has 2 heterocycles. The number of nitrogens with zero attached hydrogens (tertiary/aromatic N) is 2. The first-order valence-corrected chi connectivity index (χ1v) is 4.03. The fraction of sp³-hybridized carbons (Fsp3) is 0.111. The van der Waals surface area contributed by atoms with Crippen LogP contribution in [0.1, 0.15) is 5.56 Å². The van der Waals surface area contributed by atoms with Gasteiger partial charge in [-0.2, -0.15) is 4.39 Å². The minimum Gasteiger partial charge on any atom is -0.351 e. The third kappa shape index (κ3) is 1.14. The van der Waals surface area contributed by atoms with E-state index >= 15 is 0 Å². The van der Waals surface area contributed by atoms with Gasteiger partial charge < -0.3 is 5.73 Å². The van der Waals surface area contributed by atoms with Crippen molar-refractivity contribution in [3.05, 3.63) is 29.8 Å². The first-order chi connectivity index (χ1) is 6.59. The van der Waals surface area contributed by atoms with Crippen LogP contribution in [0.4, 0.5) is 9.18 Å². The molecule has 0 aliphatic carbocycles. The lowest BCUT2D eigenvalue weighted by atomic mass is 10.3. The number of pyridine rings is 1. The Bertz CT molecular complexity index is 518. The van der Waals surface area contributed by atoms with Crippen molar-refractivity contribution in [1.29, 1.82) is 0 Å². The van der Waals surface area contributed by atoms with E-state index in [0.717, 1.165) is 5.56 Å². The zero-order valence-corrected chi connectivity index (χ0v) is 7.49. The van der Waals surface area contributed by atoms with Crippen LogP contribution in [0, 0.1) is 12.9 Å². The number of fused-ring (bicyclic) bond motifs is 1. The van der Waals surface area contributed by atoms with Gasteiger partial charge in [-0.1, -0.05) is 0 Å². The molecule has 4 nitrogen and oxygen atoms in total. The van der Waals surface area contributed by atoms with Crippen molar-refractivity contribution >= 4 is 17.1 Å². The third-order valence-corrected chi connectivity index (χ3v) is 2.03. The lowest BCUT2D eigenvalue weighted by Crippen LogP contribution is -2.18. The lowest BCUT2D eigenvalue weighted by molar-refractivity contribution is 0.251. The number of nitrogens with two attached hydrogens (primary N) is 1. The monoisotopic (exact) mass is 193 g/mol. The normalized spacial score (nSPS) is 10.7. The number of aryl methyl sites for hydroxylation is 1. The van der Waals surface area contributed by atoms with Crippen molar-refractivity contribution in [3.63, 3.8) is 0 Å². The number of aromatic nitrogens is 2. The maximum atomic E-state index is 12.8. The molecule has 0 bridgehead atoms. The van der Waals surface area contributed by atoms with E-state index in [9.17, 15) is 9.18 Å². The minimum absolute atomic E-state index is 0.462. The fourth-order valence-electron chi connectivity index (χ4n) is 1.42. The van der Waals surface area contributed by atoms with Gasteiger partial charge in [-0.3, -0.25) is 4.57 Å². The van der Waals surface area contributed by atoms with Crippen molar-refractivity contribution < 1.29 is 9.18 Å². The summed E-state index contributed by atoms with van der Waals surface area (Å²) in [5.41, 5.74) is 6.84. The summed E-state index contributed by atoms with van der Waals surface area (Å²) in [4.78, 5) is 14.7. The van der Waals surface area contributed by atoms with Gasteiger partial charge in [0.1, 0.15) is 0 Å². The molecule has 0 aromatic carbocycles. The predicted molar refractivity (Wildman–Crippen MR) is 49.4 cm³/mol. The molecule has 0 fully saturated rings. The summed E-state index contributed by atoms with van der Waals surface area (Å²) in [6, 6.07) is 2.08. The molecule has 0 saturated heterocycles. The number of amides is 1. The summed E-state index contributed by atoms with van der Waals surface area (Å²) in [6.45, 7) is 1.74. The predicted octanol–water partition coefficient (Wildman–Crippen LogP) is 1.41. The summed E-state index contributed by atoms with van der Waals surface area (Å²) >= 11 is 0. The largest absolute Gasteiger partial charge is 0.351 e. The van der Waals surface area contributed by atoms with Crippen LogP contribution >= 0.6 is 0 Å². The van der Waals surface area contributed by atoms with E-state index in [0.29, 0.717) is 11.0 Å². The van der Waals surface area contributed by atoms with Crippen molar-refractivity contribution in [3.8, 4) is 0 Å². The highest BCUT2D eigenvalue weighted by atomic mass is 19.1.